The van der Waals surface area contributed by atoms with E-state index in [1.54, 1.807) is 0 Å². The fourth-order valence-corrected chi connectivity index (χ4v) is 2.59. The molecule has 3 rings (SSSR count). The second-order valence-corrected chi connectivity index (χ2v) is 6.84. The summed E-state index contributed by atoms with van der Waals surface area (Å²) in [4.78, 5) is 3.22. The van der Waals surface area contributed by atoms with Crippen LogP contribution in [0.25, 0.3) is 17.0 Å². The van der Waals surface area contributed by atoms with Crippen LogP contribution in [0.3, 0.4) is 0 Å². The van der Waals surface area contributed by atoms with E-state index >= 15 is 0 Å². The Morgan fingerprint density at radius 2 is 1.86 bits per heavy atom. The minimum atomic E-state index is -0.394. The van der Waals surface area contributed by atoms with E-state index in [2.05, 4.69) is 35.3 Å². The van der Waals surface area contributed by atoms with Crippen LogP contribution in [0.2, 0.25) is 0 Å². The van der Waals surface area contributed by atoms with E-state index in [1.165, 1.54) is 5.39 Å². The molecule has 22 heavy (non-hydrogen) atoms. The zero-order chi connectivity index (χ0) is 16.0. The molecule has 1 aliphatic rings. The summed E-state index contributed by atoms with van der Waals surface area (Å²) >= 11 is 0. The maximum absolute atomic E-state index is 6.08. The van der Waals surface area contributed by atoms with Gasteiger partial charge in [-0.05, 0) is 56.2 Å². The molecule has 116 valence electrons. The Kier molecular flexibility index (Phi) is 3.67. The van der Waals surface area contributed by atoms with Crippen LogP contribution >= 0.6 is 0 Å². The zero-order valence-electron chi connectivity index (χ0n) is 13.6. The van der Waals surface area contributed by atoms with E-state index in [4.69, 9.17) is 15.0 Å². The molecule has 3 N–H and O–H groups in total. The molecule has 4 nitrogen and oxygen atoms in total. The Balaban J connectivity index is 1.90. The molecule has 5 heteroatoms. The van der Waals surface area contributed by atoms with Crippen LogP contribution in [0.1, 0.15) is 33.3 Å². The minimum Gasteiger partial charge on any atom is -0.400 e. The average Bonchev–Trinajstić information content (AvgIpc) is 2.98. The fourth-order valence-electron chi connectivity index (χ4n) is 2.59. The molecule has 2 heterocycles. The molecular formula is C17H23BN2O2. The highest BCUT2D eigenvalue weighted by molar-refractivity contribution is 6.55. The van der Waals surface area contributed by atoms with Gasteiger partial charge in [-0.25, -0.2) is 0 Å². The number of aromatic amines is 1. The smallest absolute Gasteiger partial charge is 0.400 e. The van der Waals surface area contributed by atoms with Crippen molar-refractivity contribution in [3.63, 3.8) is 0 Å². The van der Waals surface area contributed by atoms with Gasteiger partial charge in [0.1, 0.15) is 0 Å². The van der Waals surface area contributed by atoms with Crippen molar-refractivity contribution in [1.29, 1.82) is 0 Å². The predicted molar refractivity (Wildman–Crippen MR) is 91.4 cm³/mol. The van der Waals surface area contributed by atoms with Crippen LogP contribution in [0.15, 0.2) is 35.9 Å². The molecule has 1 aromatic carbocycles. The summed E-state index contributed by atoms with van der Waals surface area (Å²) in [6, 6.07) is 8.34. The van der Waals surface area contributed by atoms with E-state index in [-0.39, 0.29) is 11.2 Å². The second-order valence-electron chi connectivity index (χ2n) is 6.84. The van der Waals surface area contributed by atoms with E-state index in [9.17, 15) is 0 Å². The summed E-state index contributed by atoms with van der Waals surface area (Å²) in [6.07, 6.45) is 4.00. The average molecular weight is 298 g/mol. The van der Waals surface area contributed by atoms with Crippen molar-refractivity contribution in [3.05, 3.63) is 41.5 Å². The highest BCUT2D eigenvalue weighted by Crippen LogP contribution is 2.38. The molecule has 1 saturated heterocycles. The lowest BCUT2D eigenvalue weighted by molar-refractivity contribution is 0.00578. The van der Waals surface area contributed by atoms with Gasteiger partial charge in [-0.15, -0.1) is 0 Å². The quantitative estimate of drug-likeness (QED) is 0.856. The van der Waals surface area contributed by atoms with Crippen LogP contribution in [0, 0.1) is 0 Å². The molecule has 0 atom stereocenters. The first-order chi connectivity index (χ1) is 10.3. The van der Waals surface area contributed by atoms with Crippen LogP contribution in [-0.4, -0.2) is 29.8 Å². The molecule has 0 radical (unpaired) electrons. The summed E-state index contributed by atoms with van der Waals surface area (Å²) in [7, 11) is -0.394. The Morgan fingerprint density at radius 1 is 1.18 bits per heavy atom. The van der Waals surface area contributed by atoms with Gasteiger partial charge >= 0.3 is 7.12 Å². The fraction of sp³-hybridized carbons (Fsp3) is 0.412. The monoisotopic (exact) mass is 298 g/mol. The van der Waals surface area contributed by atoms with Gasteiger partial charge in [0, 0.05) is 18.3 Å². The highest BCUT2D eigenvalue weighted by atomic mass is 16.7. The summed E-state index contributed by atoms with van der Waals surface area (Å²) in [5.41, 5.74) is 8.38. The SMILES string of the molecule is CC1(C)OB(C(=Cc2ccc3cc[nH]c3c2)CN)OC1(C)C. The lowest BCUT2D eigenvalue weighted by Crippen LogP contribution is -2.41. The first kappa shape index (κ1) is 15.3. The number of hydrogen-bond acceptors (Lipinski definition) is 3. The van der Waals surface area contributed by atoms with Crippen molar-refractivity contribution < 1.29 is 9.31 Å². The molecule has 2 aromatic rings. The second kappa shape index (κ2) is 5.27. The molecule has 0 spiro atoms. The van der Waals surface area contributed by atoms with Gasteiger partial charge in [0.2, 0.25) is 0 Å². The van der Waals surface area contributed by atoms with Crippen molar-refractivity contribution >= 4 is 24.1 Å². The van der Waals surface area contributed by atoms with Gasteiger partial charge in [0.05, 0.1) is 11.2 Å². The molecule has 0 aliphatic carbocycles. The third-order valence-electron chi connectivity index (χ3n) is 4.72. The van der Waals surface area contributed by atoms with Crippen molar-refractivity contribution in [3.8, 4) is 0 Å². The maximum Gasteiger partial charge on any atom is 0.491 e. The minimum absolute atomic E-state index is 0.352. The van der Waals surface area contributed by atoms with E-state index in [0.717, 1.165) is 16.6 Å². The molecule has 0 bridgehead atoms. The standard InChI is InChI=1S/C17H23BN2O2/c1-16(2)17(3,4)22-18(21-16)14(11-19)9-12-5-6-13-7-8-20-15(13)10-12/h5-10,20H,11,19H2,1-4H3. The molecule has 1 aromatic heterocycles. The molecule has 1 aliphatic heterocycles. The lowest BCUT2D eigenvalue weighted by atomic mass is 9.77. The summed E-state index contributed by atoms with van der Waals surface area (Å²) in [6.45, 7) is 8.59. The molecule has 0 amide bonds. The number of nitrogens with one attached hydrogen (secondary N) is 1. The number of H-pyrrole nitrogens is 1. The van der Waals surface area contributed by atoms with Gasteiger partial charge in [0.15, 0.2) is 0 Å². The largest absolute Gasteiger partial charge is 0.491 e. The van der Waals surface area contributed by atoms with Crippen LogP contribution < -0.4 is 5.73 Å². The number of aromatic nitrogens is 1. The van der Waals surface area contributed by atoms with Crippen LogP contribution in [0.4, 0.5) is 0 Å². The number of benzene rings is 1. The third-order valence-corrected chi connectivity index (χ3v) is 4.72. The Labute approximate surface area is 131 Å². The van der Waals surface area contributed by atoms with E-state index in [1.807, 2.05) is 33.9 Å². The van der Waals surface area contributed by atoms with Crippen molar-refractivity contribution in [1.82, 2.24) is 4.98 Å². The van der Waals surface area contributed by atoms with Gasteiger partial charge in [-0.3, -0.25) is 0 Å². The van der Waals surface area contributed by atoms with Crippen molar-refractivity contribution in [2.24, 2.45) is 5.73 Å². The number of fused-ring (bicyclic) bond motifs is 1. The number of nitrogens with two attached hydrogens (primary N) is 1. The van der Waals surface area contributed by atoms with Gasteiger partial charge in [-0.2, -0.15) is 0 Å². The van der Waals surface area contributed by atoms with E-state index in [0.29, 0.717) is 6.54 Å². The predicted octanol–water partition coefficient (Wildman–Crippen LogP) is 3.14. The van der Waals surface area contributed by atoms with Crippen LogP contribution in [-0.2, 0) is 9.31 Å². The number of hydrogen-bond donors (Lipinski definition) is 2. The summed E-state index contributed by atoms with van der Waals surface area (Å²) in [5.74, 6) is 0. The zero-order valence-corrected chi connectivity index (χ0v) is 13.6. The van der Waals surface area contributed by atoms with Crippen molar-refractivity contribution in [2.45, 2.75) is 38.9 Å². The topological polar surface area (TPSA) is 60.3 Å². The van der Waals surface area contributed by atoms with Crippen LogP contribution in [0.5, 0.6) is 0 Å². The van der Waals surface area contributed by atoms with E-state index < -0.39 is 7.12 Å². The van der Waals surface area contributed by atoms with Gasteiger partial charge < -0.3 is 20.0 Å². The molecule has 0 saturated carbocycles. The maximum atomic E-state index is 6.08. The lowest BCUT2D eigenvalue weighted by Gasteiger charge is -2.32. The Bertz CT molecular complexity index is 702. The first-order valence-corrected chi connectivity index (χ1v) is 7.66. The highest BCUT2D eigenvalue weighted by Gasteiger charge is 2.52. The van der Waals surface area contributed by atoms with Gasteiger partial charge in [-0.1, -0.05) is 18.2 Å². The molecule has 1 fully saturated rings. The Morgan fingerprint density at radius 3 is 2.50 bits per heavy atom. The van der Waals surface area contributed by atoms with Gasteiger partial charge in [0.25, 0.3) is 0 Å². The number of rotatable bonds is 3. The molecule has 0 unspecified atom stereocenters. The molecular weight excluding hydrogens is 275 g/mol. The summed E-state index contributed by atoms with van der Waals surface area (Å²) < 4.78 is 12.2. The Hall–Kier alpha value is -1.56. The first-order valence-electron chi connectivity index (χ1n) is 7.66. The van der Waals surface area contributed by atoms with Crippen molar-refractivity contribution in [2.75, 3.05) is 6.54 Å². The normalized spacial score (nSPS) is 20.8. The third kappa shape index (κ3) is 2.60. The summed E-state index contributed by atoms with van der Waals surface area (Å²) in [5, 5.41) is 1.20.